The molecule has 5 nitrogen and oxygen atoms in total. The standard InChI is InChI=1S/C24H20F3N3O2/c1-23(12-28)29-11-14-9-13(3-6-18(14)30-23)16-5-8-20(31-2)22-21(16)17-10-15(24(25,26)27)4-7-19(17)32-22/h4-5,7-8,10-11,13-14H,3,6,9H2,1-2H3. The smallest absolute Gasteiger partial charge is 0.416 e. The molecule has 0 saturated heterocycles. The first-order valence-electron chi connectivity index (χ1n) is 10.4. The molecule has 2 heterocycles. The van der Waals surface area contributed by atoms with Gasteiger partial charge in [0.2, 0.25) is 5.66 Å². The Labute approximate surface area is 182 Å². The summed E-state index contributed by atoms with van der Waals surface area (Å²) >= 11 is 0. The van der Waals surface area contributed by atoms with Gasteiger partial charge in [-0.3, -0.25) is 4.99 Å². The molecule has 0 radical (unpaired) electrons. The Kier molecular flexibility index (Phi) is 4.55. The first-order valence-corrected chi connectivity index (χ1v) is 10.4. The Morgan fingerprint density at radius 3 is 2.78 bits per heavy atom. The minimum Gasteiger partial charge on any atom is -0.493 e. The van der Waals surface area contributed by atoms with E-state index in [0.717, 1.165) is 36.2 Å². The summed E-state index contributed by atoms with van der Waals surface area (Å²) in [5.74, 6) is 0.576. The van der Waals surface area contributed by atoms with E-state index in [0.29, 0.717) is 34.1 Å². The van der Waals surface area contributed by atoms with Gasteiger partial charge in [-0.05, 0) is 61.9 Å². The Hall–Kier alpha value is -3.34. The minimum absolute atomic E-state index is 0.0104. The third-order valence-electron chi connectivity index (χ3n) is 6.40. The van der Waals surface area contributed by atoms with Crippen molar-refractivity contribution < 1.29 is 22.3 Å². The van der Waals surface area contributed by atoms with Gasteiger partial charge in [-0.15, -0.1) is 0 Å². The first kappa shape index (κ1) is 20.6. The molecule has 3 unspecified atom stereocenters. The van der Waals surface area contributed by atoms with E-state index in [2.05, 4.69) is 16.1 Å². The molecule has 0 bridgehead atoms. The summed E-state index contributed by atoms with van der Waals surface area (Å²) in [4.78, 5) is 8.87. The van der Waals surface area contributed by atoms with Gasteiger partial charge in [-0.1, -0.05) is 6.07 Å². The van der Waals surface area contributed by atoms with Crippen LogP contribution < -0.4 is 4.74 Å². The van der Waals surface area contributed by atoms with Gasteiger partial charge in [-0.2, -0.15) is 18.4 Å². The zero-order chi connectivity index (χ0) is 22.7. The molecule has 0 N–H and O–H groups in total. The molecule has 1 aliphatic carbocycles. The highest BCUT2D eigenvalue weighted by Gasteiger charge is 2.36. The minimum atomic E-state index is -4.45. The third kappa shape index (κ3) is 3.24. The lowest BCUT2D eigenvalue weighted by molar-refractivity contribution is -0.137. The van der Waals surface area contributed by atoms with Crippen molar-refractivity contribution in [3.05, 3.63) is 41.5 Å². The molecule has 8 heteroatoms. The van der Waals surface area contributed by atoms with Gasteiger partial charge in [0.05, 0.1) is 12.7 Å². The van der Waals surface area contributed by atoms with Crippen molar-refractivity contribution in [1.82, 2.24) is 0 Å². The topological polar surface area (TPSA) is 70.9 Å². The van der Waals surface area contributed by atoms with Crippen LogP contribution in [-0.2, 0) is 6.18 Å². The van der Waals surface area contributed by atoms with Crippen LogP contribution in [0.1, 0.15) is 43.2 Å². The number of fused-ring (bicyclic) bond motifs is 4. The molecule has 1 fully saturated rings. The second kappa shape index (κ2) is 7.09. The van der Waals surface area contributed by atoms with Crippen molar-refractivity contribution in [1.29, 1.82) is 5.26 Å². The molecule has 1 aromatic heterocycles. The number of rotatable bonds is 2. The Bertz CT molecular complexity index is 1330. The lowest BCUT2D eigenvalue weighted by Gasteiger charge is -2.33. The first-order chi connectivity index (χ1) is 15.2. The zero-order valence-electron chi connectivity index (χ0n) is 17.5. The SMILES string of the molecule is COc1ccc(C2CCC3=NC(C)(C#N)N=CC3C2)c2c1oc1ccc(C(F)(F)F)cc12. The van der Waals surface area contributed by atoms with Gasteiger partial charge in [0.15, 0.2) is 11.3 Å². The average Bonchev–Trinajstić information content (AvgIpc) is 3.16. The molecule has 3 atom stereocenters. The van der Waals surface area contributed by atoms with E-state index in [-0.39, 0.29) is 11.8 Å². The number of ether oxygens (including phenoxy) is 1. The number of nitrogens with zero attached hydrogens (tertiary/aromatic N) is 3. The molecule has 32 heavy (non-hydrogen) atoms. The number of aliphatic imine (C=N–C) groups is 2. The maximum absolute atomic E-state index is 13.4. The number of nitriles is 1. The highest BCUT2D eigenvalue weighted by molar-refractivity contribution is 6.09. The normalized spacial score (nSPS) is 25.4. The Morgan fingerprint density at radius 1 is 1.25 bits per heavy atom. The Morgan fingerprint density at radius 2 is 2.06 bits per heavy atom. The van der Waals surface area contributed by atoms with Gasteiger partial charge < -0.3 is 9.15 Å². The van der Waals surface area contributed by atoms with Crippen LogP contribution in [0.15, 0.2) is 44.7 Å². The van der Waals surface area contributed by atoms with Crippen molar-refractivity contribution >= 4 is 33.9 Å². The zero-order valence-corrected chi connectivity index (χ0v) is 17.5. The number of furan rings is 1. The molecule has 164 valence electrons. The molecule has 1 aliphatic heterocycles. The van der Waals surface area contributed by atoms with E-state index in [4.69, 9.17) is 9.15 Å². The fourth-order valence-electron chi connectivity index (χ4n) is 4.79. The summed E-state index contributed by atoms with van der Waals surface area (Å²) in [5.41, 5.74) is 0.950. The lowest BCUT2D eigenvalue weighted by atomic mass is 9.75. The largest absolute Gasteiger partial charge is 0.493 e. The summed E-state index contributed by atoms with van der Waals surface area (Å²) in [5, 5.41) is 10.4. The molecule has 0 spiro atoms. The average molecular weight is 439 g/mol. The molecule has 1 saturated carbocycles. The number of hydrogen-bond donors (Lipinski definition) is 0. The maximum Gasteiger partial charge on any atom is 0.416 e. The van der Waals surface area contributed by atoms with Crippen LogP contribution >= 0.6 is 0 Å². The predicted octanol–water partition coefficient (Wildman–Crippen LogP) is 6.26. The van der Waals surface area contributed by atoms with E-state index < -0.39 is 17.4 Å². The van der Waals surface area contributed by atoms with E-state index in [1.54, 1.807) is 19.2 Å². The van der Waals surface area contributed by atoms with Gasteiger partial charge >= 0.3 is 6.18 Å². The summed E-state index contributed by atoms with van der Waals surface area (Å²) < 4.78 is 51.6. The summed E-state index contributed by atoms with van der Waals surface area (Å²) in [6, 6.07) is 9.39. The molecule has 2 aliphatic rings. The third-order valence-corrected chi connectivity index (χ3v) is 6.40. The number of methoxy groups -OCH3 is 1. The fourth-order valence-corrected chi connectivity index (χ4v) is 4.79. The van der Waals surface area contributed by atoms with Crippen LogP contribution in [0.25, 0.3) is 21.9 Å². The molecular weight excluding hydrogens is 419 g/mol. The van der Waals surface area contributed by atoms with Crippen LogP contribution in [0, 0.1) is 17.2 Å². The van der Waals surface area contributed by atoms with Crippen molar-refractivity contribution in [3.63, 3.8) is 0 Å². The number of alkyl halides is 3. The number of hydrogen-bond acceptors (Lipinski definition) is 5. The van der Waals surface area contributed by atoms with Crippen molar-refractivity contribution in [2.24, 2.45) is 15.9 Å². The molecule has 0 amide bonds. The highest BCUT2D eigenvalue weighted by atomic mass is 19.4. The van der Waals surface area contributed by atoms with Gasteiger partial charge in [0.1, 0.15) is 11.7 Å². The lowest BCUT2D eigenvalue weighted by Crippen LogP contribution is -2.34. The molecule has 5 rings (SSSR count). The van der Waals surface area contributed by atoms with Crippen LogP contribution in [-0.4, -0.2) is 24.7 Å². The quantitative estimate of drug-likeness (QED) is 0.473. The van der Waals surface area contributed by atoms with Crippen LogP contribution in [0.2, 0.25) is 0 Å². The summed E-state index contributed by atoms with van der Waals surface area (Å²) in [6.07, 6.45) is -0.447. The van der Waals surface area contributed by atoms with Crippen molar-refractivity contribution in [3.8, 4) is 11.8 Å². The van der Waals surface area contributed by atoms with E-state index in [9.17, 15) is 18.4 Å². The fraction of sp³-hybridized carbons (Fsp3) is 0.375. The van der Waals surface area contributed by atoms with Gasteiger partial charge in [-0.25, -0.2) is 4.99 Å². The Balaban J connectivity index is 1.63. The molecular formula is C24H20F3N3O2. The van der Waals surface area contributed by atoms with Crippen molar-refractivity contribution in [2.75, 3.05) is 7.11 Å². The molecule has 2 aromatic carbocycles. The van der Waals surface area contributed by atoms with Gasteiger partial charge in [0, 0.05) is 28.6 Å². The predicted molar refractivity (Wildman–Crippen MR) is 115 cm³/mol. The molecule has 3 aromatic rings. The van der Waals surface area contributed by atoms with Crippen LogP contribution in [0.4, 0.5) is 13.2 Å². The van der Waals surface area contributed by atoms with Crippen molar-refractivity contribution in [2.45, 2.75) is 43.9 Å². The van der Waals surface area contributed by atoms with Crippen LogP contribution in [0.5, 0.6) is 5.75 Å². The van der Waals surface area contributed by atoms with E-state index in [1.165, 1.54) is 13.2 Å². The summed E-state index contributed by atoms with van der Waals surface area (Å²) in [6.45, 7) is 1.68. The summed E-state index contributed by atoms with van der Waals surface area (Å²) in [7, 11) is 1.51. The van der Waals surface area contributed by atoms with E-state index in [1.807, 2.05) is 6.07 Å². The number of halogens is 3. The second-order valence-electron chi connectivity index (χ2n) is 8.46. The van der Waals surface area contributed by atoms with Gasteiger partial charge in [0.25, 0.3) is 0 Å². The monoisotopic (exact) mass is 439 g/mol. The van der Waals surface area contributed by atoms with E-state index >= 15 is 0 Å². The highest BCUT2D eigenvalue weighted by Crippen LogP contribution is 2.45. The number of benzene rings is 2. The maximum atomic E-state index is 13.4. The van der Waals surface area contributed by atoms with Crippen LogP contribution in [0.3, 0.4) is 0 Å². The second-order valence-corrected chi connectivity index (χ2v) is 8.46.